The molecule has 0 aromatic heterocycles. The van der Waals surface area contributed by atoms with Gasteiger partial charge in [-0.15, -0.1) is 0 Å². The summed E-state index contributed by atoms with van der Waals surface area (Å²) >= 11 is 0. The van der Waals surface area contributed by atoms with Gasteiger partial charge in [0.15, 0.2) is 0 Å². The van der Waals surface area contributed by atoms with Gasteiger partial charge in [0.05, 0.1) is 25.4 Å². The Morgan fingerprint density at radius 1 is 0.359 bits per heavy atom. The summed E-state index contributed by atoms with van der Waals surface area (Å²) in [4.78, 5) is 24.6. The molecule has 78 heavy (non-hydrogen) atoms. The fraction of sp³-hybridized carbons (Fsp3) is 0.917. The molecule has 0 aromatic carbocycles. The minimum absolute atomic E-state index is 0.00777. The molecule has 3 N–H and O–H groups in total. The Labute approximate surface area is 488 Å². The molecule has 0 aliphatic heterocycles. The van der Waals surface area contributed by atoms with E-state index in [0.29, 0.717) is 25.9 Å². The van der Waals surface area contributed by atoms with Crippen LogP contribution in [0.5, 0.6) is 0 Å². The maximum atomic E-state index is 12.5. The average molecular weight is 1100 g/mol. The summed E-state index contributed by atoms with van der Waals surface area (Å²) in [6.07, 6.45) is 85.2. The molecule has 2 atom stereocenters. The number of allylic oxidation sites excluding steroid dienone is 4. The summed E-state index contributed by atoms with van der Waals surface area (Å²) in [5.41, 5.74) is 0. The number of amides is 1. The Morgan fingerprint density at radius 3 is 0.987 bits per heavy atom. The third-order valence-electron chi connectivity index (χ3n) is 16.8. The number of unbranched alkanes of at least 4 members (excludes halogenated alkanes) is 52. The van der Waals surface area contributed by atoms with Gasteiger partial charge in [0.1, 0.15) is 0 Å². The molecule has 0 aliphatic rings. The number of hydrogen-bond acceptors (Lipinski definition) is 5. The molecule has 0 bridgehead atoms. The van der Waals surface area contributed by atoms with Crippen molar-refractivity contribution in [3.05, 3.63) is 24.3 Å². The number of esters is 1. The van der Waals surface area contributed by atoms with Gasteiger partial charge in [-0.05, 0) is 57.8 Å². The van der Waals surface area contributed by atoms with Gasteiger partial charge in [-0.2, -0.15) is 0 Å². The third kappa shape index (κ3) is 63.5. The number of carbonyl (C=O) groups excluding carboxylic acids is 2. The van der Waals surface area contributed by atoms with E-state index in [9.17, 15) is 19.8 Å². The second-order valence-corrected chi connectivity index (χ2v) is 24.6. The molecule has 0 fully saturated rings. The molecule has 0 radical (unpaired) electrons. The quantitative estimate of drug-likeness (QED) is 0.0320. The maximum Gasteiger partial charge on any atom is 0.305 e. The Kier molecular flexibility index (Phi) is 66.4. The van der Waals surface area contributed by atoms with Crippen molar-refractivity contribution in [3.8, 4) is 0 Å². The monoisotopic (exact) mass is 1100 g/mol. The van der Waals surface area contributed by atoms with Crippen molar-refractivity contribution >= 4 is 11.9 Å². The summed E-state index contributed by atoms with van der Waals surface area (Å²) in [6, 6.07) is -0.537. The van der Waals surface area contributed by atoms with Crippen molar-refractivity contribution in [2.24, 2.45) is 0 Å². The molecule has 6 heteroatoms. The fourth-order valence-electron chi connectivity index (χ4n) is 11.3. The van der Waals surface area contributed by atoms with Gasteiger partial charge in [0, 0.05) is 12.8 Å². The highest BCUT2D eigenvalue weighted by Gasteiger charge is 2.20. The van der Waals surface area contributed by atoms with Crippen LogP contribution in [0.4, 0.5) is 0 Å². The van der Waals surface area contributed by atoms with Gasteiger partial charge in [0.25, 0.3) is 0 Å². The van der Waals surface area contributed by atoms with E-state index in [4.69, 9.17) is 4.74 Å². The lowest BCUT2D eigenvalue weighted by Gasteiger charge is -2.22. The Morgan fingerprint density at radius 2 is 0.641 bits per heavy atom. The number of aliphatic hydroxyl groups excluding tert-OH is 2. The molecule has 2 unspecified atom stereocenters. The second-order valence-electron chi connectivity index (χ2n) is 24.6. The molecule has 0 aromatic rings. The van der Waals surface area contributed by atoms with E-state index in [0.717, 1.165) is 51.4 Å². The summed E-state index contributed by atoms with van der Waals surface area (Å²) in [6.45, 7) is 4.96. The average Bonchev–Trinajstić information content (AvgIpc) is 3.44. The maximum absolute atomic E-state index is 12.5. The zero-order valence-electron chi connectivity index (χ0n) is 52.9. The van der Waals surface area contributed by atoms with E-state index in [1.807, 2.05) is 0 Å². The van der Waals surface area contributed by atoms with Gasteiger partial charge in [-0.3, -0.25) is 9.59 Å². The zero-order valence-corrected chi connectivity index (χ0v) is 52.9. The van der Waals surface area contributed by atoms with E-state index in [1.54, 1.807) is 0 Å². The highest BCUT2D eigenvalue weighted by atomic mass is 16.5. The largest absolute Gasteiger partial charge is 0.466 e. The Bertz CT molecular complexity index is 1220. The molecule has 1 amide bonds. The van der Waals surface area contributed by atoms with Crippen molar-refractivity contribution in [2.75, 3.05) is 13.2 Å². The molecule has 6 nitrogen and oxygen atoms in total. The first-order chi connectivity index (χ1) is 38.5. The first kappa shape index (κ1) is 76.3. The molecule has 0 heterocycles. The van der Waals surface area contributed by atoms with Gasteiger partial charge in [-0.1, -0.05) is 353 Å². The van der Waals surface area contributed by atoms with Gasteiger partial charge in [0.2, 0.25) is 5.91 Å². The lowest BCUT2D eigenvalue weighted by molar-refractivity contribution is -0.143. The zero-order chi connectivity index (χ0) is 56.4. The van der Waals surface area contributed by atoms with Gasteiger partial charge >= 0.3 is 5.97 Å². The number of aliphatic hydroxyl groups is 2. The summed E-state index contributed by atoms with van der Waals surface area (Å²) < 4.78 is 5.49. The Hall–Kier alpha value is -1.66. The van der Waals surface area contributed by atoms with E-state index in [1.165, 1.54) is 315 Å². The number of hydrogen-bond donors (Lipinski definition) is 3. The van der Waals surface area contributed by atoms with Crippen LogP contribution in [0.1, 0.15) is 399 Å². The molecule has 462 valence electrons. The van der Waals surface area contributed by atoms with Crippen LogP contribution in [-0.2, 0) is 14.3 Å². The topological polar surface area (TPSA) is 95.9 Å². The fourth-order valence-corrected chi connectivity index (χ4v) is 11.3. The SMILES string of the molecule is CCCCCC/C=C\C/C=C\CCCCCCCC(=O)OCCCCCCCCCCCCCCCCCCCCCCCCCCCCCCCCCC(=O)NC(CO)C(O)CCCCCCCCCCCCCCCC. The number of rotatable bonds is 67. The second kappa shape index (κ2) is 67.8. The van der Waals surface area contributed by atoms with Crippen molar-refractivity contribution in [1.29, 1.82) is 0 Å². The minimum atomic E-state index is -0.660. The van der Waals surface area contributed by atoms with Crippen LogP contribution < -0.4 is 5.32 Å². The van der Waals surface area contributed by atoms with Crippen LogP contribution in [0.15, 0.2) is 24.3 Å². The predicted molar refractivity (Wildman–Crippen MR) is 343 cm³/mol. The molecular weight excluding hydrogens is 959 g/mol. The van der Waals surface area contributed by atoms with Gasteiger partial charge < -0.3 is 20.3 Å². The summed E-state index contributed by atoms with van der Waals surface area (Å²) in [5.74, 6) is -0.0204. The predicted octanol–water partition coefficient (Wildman–Crippen LogP) is 22.9. The number of ether oxygens (including phenoxy) is 1. The molecule has 0 aliphatic carbocycles. The van der Waals surface area contributed by atoms with Crippen LogP contribution in [0.2, 0.25) is 0 Å². The highest BCUT2D eigenvalue weighted by Crippen LogP contribution is 2.19. The van der Waals surface area contributed by atoms with E-state index in [2.05, 4.69) is 43.5 Å². The lowest BCUT2D eigenvalue weighted by Crippen LogP contribution is -2.45. The molecule has 0 saturated carbocycles. The van der Waals surface area contributed by atoms with E-state index in [-0.39, 0.29) is 18.5 Å². The van der Waals surface area contributed by atoms with Crippen LogP contribution in [-0.4, -0.2) is 47.4 Å². The summed E-state index contributed by atoms with van der Waals surface area (Å²) in [7, 11) is 0. The first-order valence-corrected chi connectivity index (χ1v) is 35.6. The van der Waals surface area contributed by atoms with E-state index < -0.39 is 12.1 Å². The minimum Gasteiger partial charge on any atom is -0.466 e. The molecule has 0 rings (SSSR count). The van der Waals surface area contributed by atoms with Crippen LogP contribution >= 0.6 is 0 Å². The molecule has 0 spiro atoms. The first-order valence-electron chi connectivity index (χ1n) is 35.6. The van der Waals surface area contributed by atoms with Crippen molar-refractivity contribution in [2.45, 2.75) is 411 Å². The lowest BCUT2D eigenvalue weighted by atomic mass is 10.0. The Balaban J connectivity index is 3.32. The van der Waals surface area contributed by atoms with Crippen molar-refractivity contribution < 1.29 is 24.5 Å². The molecule has 0 saturated heterocycles. The van der Waals surface area contributed by atoms with Crippen LogP contribution in [0.3, 0.4) is 0 Å². The highest BCUT2D eigenvalue weighted by molar-refractivity contribution is 5.76. The van der Waals surface area contributed by atoms with Crippen LogP contribution in [0.25, 0.3) is 0 Å². The van der Waals surface area contributed by atoms with Crippen molar-refractivity contribution in [3.63, 3.8) is 0 Å². The van der Waals surface area contributed by atoms with E-state index >= 15 is 0 Å². The summed E-state index contributed by atoms with van der Waals surface area (Å²) in [5, 5.41) is 23.3. The third-order valence-corrected chi connectivity index (χ3v) is 16.8. The smallest absolute Gasteiger partial charge is 0.305 e. The van der Waals surface area contributed by atoms with Crippen LogP contribution in [0, 0.1) is 0 Å². The molecular formula is C72H139NO5. The normalized spacial score (nSPS) is 12.6. The van der Waals surface area contributed by atoms with Gasteiger partial charge in [-0.25, -0.2) is 0 Å². The number of carbonyl (C=O) groups is 2. The standard InChI is InChI=1S/C72H139NO5/c1-3-5-7-9-11-13-15-17-19-38-42-46-50-54-58-62-66-72(77)78-67-63-59-55-51-47-43-39-36-34-32-30-28-26-24-22-20-21-23-25-27-29-31-33-35-37-41-45-49-53-57-61-65-71(76)73-69(68-74)70(75)64-60-56-52-48-44-40-18-16-14-12-10-8-6-4-2/h13,15,19,38,69-70,74-75H,3-12,14,16-18,20-37,39-68H2,1-2H3,(H,73,76)/b15-13-,38-19-. The number of nitrogens with one attached hydrogen (secondary N) is 1. The van der Waals surface area contributed by atoms with Crippen molar-refractivity contribution in [1.82, 2.24) is 5.32 Å².